The number of aromatic nitrogens is 4. The summed E-state index contributed by atoms with van der Waals surface area (Å²) >= 11 is 5.84. The molecule has 178 valence electrons. The number of amides is 1. The van der Waals surface area contributed by atoms with Crippen LogP contribution in [0.2, 0.25) is 5.02 Å². The van der Waals surface area contributed by atoms with Crippen LogP contribution in [0.4, 0.5) is 10.1 Å². The minimum absolute atomic E-state index is 0.0623. The summed E-state index contributed by atoms with van der Waals surface area (Å²) in [7, 11) is 1.77. The second kappa shape index (κ2) is 8.63. The second-order valence-corrected chi connectivity index (χ2v) is 9.93. The summed E-state index contributed by atoms with van der Waals surface area (Å²) in [6.07, 6.45) is 7.54. The Morgan fingerprint density at radius 1 is 1.29 bits per heavy atom. The van der Waals surface area contributed by atoms with E-state index in [0.717, 1.165) is 18.5 Å². The molecule has 2 atom stereocenters. The van der Waals surface area contributed by atoms with E-state index in [0.29, 0.717) is 24.2 Å². The number of carbonyl (C=O) groups is 1. The van der Waals surface area contributed by atoms with Crippen LogP contribution in [0, 0.1) is 17.7 Å². The summed E-state index contributed by atoms with van der Waals surface area (Å²) in [6, 6.07) is 5.73. The molecule has 2 N–H and O–H groups in total. The number of hydrogen-bond donors (Lipinski definition) is 2. The van der Waals surface area contributed by atoms with Gasteiger partial charge in [0.25, 0.3) is 5.91 Å². The van der Waals surface area contributed by atoms with Crippen LogP contribution in [0.15, 0.2) is 47.8 Å². The van der Waals surface area contributed by atoms with Gasteiger partial charge in [0.1, 0.15) is 11.5 Å². The molecule has 34 heavy (non-hydrogen) atoms. The second-order valence-electron chi connectivity index (χ2n) is 9.52. The largest absolute Gasteiger partial charge is 0.388 e. The monoisotopic (exact) mass is 485 g/mol. The van der Waals surface area contributed by atoms with Gasteiger partial charge in [-0.05, 0) is 61.8 Å². The normalized spacial score (nSPS) is 25.9. The van der Waals surface area contributed by atoms with Crippen LogP contribution < -0.4 is 11.0 Å². The van der Waals surface area contributed by atoms with Crippen molar-refractivity contribution in [1.29, 1.82) is 0 Å². The van der Waals surface area contributed by atoms with Crippen LogP contribution in [-0.2, 0) is 13.6 Å². The van der Waals surface area contributed by atoms with Gasteiger partial charge in [0.05, 0.1) is 29.2 Å². The number of nitrogens with one attached hydrogen (secondary N) is 1. The zero-order valence-corrected chi connectivity index (χ0v) is 19.4. The number of imidazole rings is 1. The fraction of sp³-hybridized carbons (Fsp3) is 0.417. The lowest BCUT2D eigenvalue weighted by Gasteiger charge is -2.25. The number of fused-ring (bicyclic) bond motifs is 1. The summed E-state index contributed by atoms with van der Waals surface area (Å²) < 4.78 is 16.6. The van der Waals surface area contributed by atoms with E-state index in [4.69, 9.17) is 11.6 Å². The van der Waals surface area contributed by atoms with E-state index in [1.54, 1.807) is 30.2 Å². The minimum Gasteiger partial charge on any atom is -0.388 e. The van der Waals surface area contributed by atoms with Crippen molar-refractivity contribution in [2.24, 2.45) is 18.9 Å². The Kier molecular flexibility index (Phi) is 5.77. The molecule has 0 aliphatic heterocycles. The van der Waals surface area contributed by atoms with Crippen molar-refractivity contribution < 1.29 is 14.3 Å². The Bertz CT molecular complexity index is 1290. The highest BCUT2D eigenvalue weighted by atomic mass is 35.5. The van der Waals surface area contributed by atoms with Crippen LogP contribution >= 0.6 is 11.6 Å². The van der Waals surface area contributed by atoms with Crippen molar-refractivity contribution in [1.82, 2.24) is 19.1 Å². The maximum atomic E-state index is 13.5. The van der Waals surface area contributed by atoms with Gasteiger partial charge in [-0.2, -0.15) is 0 Å². The Morgan fingerprint density at radius 3 is 2.71 bits per heavy atom. The van der Waals surface area contributed by atoms with Gasteiger partial charge in [0.15, 0.2) is 0 Å². The third-order valence-electron chi connectivity index (χ3n) is 7.12. The Hall–Kier alpha value is -3.04. The highest BCUT2D eigenvalue weighted by Gasteiger charge is 2.50. The summed E-state index contributed by atoms with van der Waals surface area (Å²) in [5.74, 6) is -0.208. The molecule has 2 saturated carbocycles. The van der Waals surface area contributed by atoms with E-state index in [9.17, 15) is 19.1 Å². The molecule has 2 aromatic heterocycles. The molecule has 2 unspecified atom stereocenters. The number of aryl methyl sites for hydroxylation is 1. The fourth-order valence-electron chi connectivity index (χ4n) is 5.74. The number of hydrogen-bond acceptors (Lipinski definition) is 5. The predicted octanol–water partition coefficient (Wildman–Crippen LogP) is 3.36. The van der Waals surface area contributed by atoms with Gasteiger partial charge in [-0.25, -0.2) is 19.2 Å². The van der Waals surface area contributed by atoms with Gasteiger partial charge < -0.3 is 15.0 Å². The average Bonchev–Trinajstić information content (AvgIpc) is 3.43. The summed E-state index contributed by atoms with van der Waals surface area (Å²) in [4.78, 5) is 33.3. The number of anilines is 1. The predicted molar refractivity (Wildman–Crippen MR) is 124 cm³/mol. The zero-order valence-electron chi connectivity index (χ0n) is 18.6. The van der Waals surface area contributed by atoms with Gasteiger partial charge in [0.2, 0.25) is 0 Å². The third-order valence-corrected chi connectivity index (χ3v) is 7.41. The lowest BCUT2D eigenvalue weighted by atomic mass is 9.92. The third kappa shape index (κ3) is 4.25. The van der Waals surface area contributed by atoms with Gasteiger partial charge in [-0.3, -0.25) is 9.36 Å². The van der Waals surface area contributed by atoms with Crippen LogP contribution in [0.1, 0.15) is 47.8 Å². The first kappa shape index (κ1) is 22.7. The number of nitrogens with zero attached hydrogens (tertiary/aromatic N) is 4. The van der Waals surface area contributed by atoms with Gasteiger partial charge >= 0.3 is 5.69 Å². The first-order chi connectivity index (χ1) is 16.2. The molecule has 2 heterocycles. The topological polar surface area (TPSA) is 102 Å². The molecule has 3 aromatic rings. The molecular formula is C24H25ClFN5O3. The van der Waals surface area contributed by atoms with Crippen molar-refractivity contribution in [3.63, 3.8) is 0 Å². The van der Waals surface area contributed by atoms with Gasteiger partial charge in [0, 0.05) is 31.0 Å². The SMILES string of the molecule is Cn1cnc(C2CC3CC(O)(Cn4cccnc4=O)CC3C2)c1C(=O)Nc1ccc(F)c(Cl)c1. The van der Waals surface area contributed by atoms with E-state index in [-0.39, 0.29) is 40.9 Å². The molecule has 2 aliphatic carbocycles. The lowest BCUT2D eigenvalue weighted by Crippen LogP contribution is -2.37. The number of halogens is 2. The number of aliphatic hydroxyl groups is 1. The Labute approximate surface area is 200 Å². The molecule has 5 rings (SSSR count). The molecule has 10 heteroatoms. The average molecular weight is 486 g/mol. The molecule has 1 amide bonds. The van der Waals surface area contributed by atoms with Crippen LogP contribution in [-0.4, -0.2) is 35.7 Å². The highest BCUT2D eigenvalue weighted by Crippen LogP contribution is 2.54. The fourth-order valence-corrected chi connectivity index (χ4v) is 5.92. The van der Waals surface area contributed by atoms with Crippen molar-refractivity contribution in [3.8, 4) is 0 Å². The van der Waals surface area contributed by atoms with Crippen molar-refractivity contribution >= 4 is 23.2 Å². The van der Waals surface area contributed by atoms with E-state index in [1.165, 1.54) is 29.0 Å². The summed E-state index contributed by atoms with van der Waals surface area (Å²) in [5, 5.41) is 13.9. The first-order valence-electron chi connectivity index (χ1n) is 11.2. The van der Waals surface area contributed by atoms with Crippen molar-refractivity contribution in [2.45, 2.75) is 43.7 Å². The number of benzene rings is 1. The van der Waals surface area contributed by atoms with Crippen molar-refractivity contribution in [2.75, 3.05) is 5.32 Å². The highest BCUT2D eigenvalue weighted by molar-refractivity contribution is 6.31. The Balaban J connectivity index is 1.29. The maximum absolute atomic E-state index is 13.5. The molecular weight excluding hydrogens is 461 g/mol. The van der Waals surface area contributed by atoms with E-state index in [2.05, 4.69) is 15.3 Å². The zero-order chi connectivity index (χ0) is 24.0. The molecule has 8 nitrogen and oxygen atoms in total. The molecule has 2 fully saturated rings. The summed E-state index contributed by atoms with van der Waals surface area (Å²) in [5.41, 5.74) is 0.288. The minimum atomic E-state index is -0.945. The molecule has 2 aliphatic rings. The standard InChI is InChI=1S/C24H25ClFN5O3/c1-30-13-28-20(21(30)22(32)29-17-3-4-19(26)18(25)9-17)14-7-15-10-24(34,11-16(15)8-14)12-31-6-2-5-27-23(31)33/h2-6,9,13-16,34H,7-8,10-12H2,1H3,(H,29,32). The number of rotatable bonds is 5. The van der Waals surface area contributed by atoms with Gasteiger partial charge in [-0.1, -0.05) is 11.6 Å². The van der Waals surface area contributed by atoms with Crippen molar-refractivity contribution in [3.05, 3.63) is 75.7 Å². The molecule has 0 radical (unpaired) electrons. The lowest BCUT2D eigenvalue weighted by molar-refractivity contribution is 0.0195. The van der Waals surface area contributed by atoms with E-state index >= 15 is 0 Å². The van der Waals surface area contributed by atoms with Gasteiger partial charge in [-0.15, -0.1) is 0 Å². The first-order valence-corrected chi connectivity index (χ1v) is 11.6. The Morgan fingerprint density at radius 2 is 2.03 bits per heavy atom. The molecule has 0 bridgehead atoms. The quantitative estimate of drug-likeness (QED) is 0.577. The maximum Gasteiger partial charge on any atom is 0.347 e. The van der Waals surface area contributed by atoms with Crippen LogP contribution in [0.5, 0.6) is 0 Å². The molecule has 1 aromatic carbocycles. The smallest absolute Gasteiger partial charge is 0.347 e. The molecule has 0 saturated heterocycles. The summed E-state index contributed by atoms with van der Waals surface area (Å²) in [6.45, 7) is 0.231. The number of carbonyl (C=O) groups excluding carboxylic acids is 1. The van der Waals surface area contributed by atoms with Crippen LogP contribution in [0.25, 0.3) is 0 Å². The van der Waals surface area contributed by atoms with Crippen LogP contribution in [0.3, 0.4) is 0 Å². The van der Waals surface area contributed by atoms with E-state index in [1.807, 2.05) is 0 Å². The molecule has 0 spiro atoms. The van der Waals surface area contributed by atoms with E-state index < -0.39 is 11.4 Å².